The molecule has 0 unspecified atom stereocenters. The second kappa shape index (κ2) is 7.61. The molecule has 0 saturated carbocycles. The molecule has 3 rings (SSSR count). The number of nitrogens with one attached hydrogen (secondary N) is 1. The van der Waals surface area contributed by atoms with Crippen molar-refractivity contribution in [3.63, 3.8) is 0 Å². The van der Waals surface area contributed by atoms with Crippen LogP contribution in [0.3, 0.4) is 0 Å². The molecule has 2 aliphatic rings. The molecule has 0 aliphatic carbocycles. The van der Waals surface area contributed by atoms with Gasteiger partial charge in [0.25, 0.3) is 0 Å². The number of fused-ring (bicyclic) bond motifs is 1. The summed E-state index contributed by atoms with van der Waals surface area (Å²) in [6, 6.07) is 3.26. The Kier molecular flexibility index (Phi) is 5.67. The molecule has 1 fully saturated rings. The molecule has 1 saturated heterocycles. The summed E-state index contributed by atoms with van der Waals surface area (Å²) in [5.74, 6) is 0. The smallest absolute Gasteiger partial charge is 0.140 e. The number of piperidine rings is 1. The predicted molar refractivity (Wildman–Crippen MR) is 102 cm³/mol. The monoisotopic (exact) mass is 364 g/mol. The van der Waals surface area contributed by atoms with Gasteiger partial charge < -0.3 is 24.6 Å². The van der Waals surface area contributed by atoms with Gasteiger partial charge in [-0.15, -0.1) is 0 Å². The zero-order valence-corrected chi connectivity index (χ0v) is 16.8. The summed E-state index contributed by atoms with van der Waals surface area (Å²) in [5.41, 5.74) is 0.388. The lowest BCUT2D eigenvalue weighted by Crippen LogP contribution is -2.50. The molecule has 140 valence electrons. The first kappa shape index (κ1) is 18.6. The lowest BCUT2D eigenvalue weighted by Gasteiger charge is -2.36. The quantitative estimate of drug-likeness (QED) is 0.548. The molecule has 0 aromatic carbocycles. The van der Waals surface area contributed by atoms with E-state index in [1.807, 2.05) is 6.20 Å². The van der Waals surface area contributed by atoms with Crippen molar-refractivity contribution in [3.05, 3.63) is 23.0 Å². The van der Waals surface area contributed by atoms with E-state index in [9.17, 15) is 5.11 Å². The number of β-amino-alcohol motifs (C(OH)–C–C–N with tert-alkyl or cyclic N) is 1. The molecule has 3 heterocycles. The zero-order chi connectivity index (χ0) is 17.9. The van der Waals surface area contributed by atoms with E-state index in [-0.39, 0.29) is 0 Å². The fraction of sp³-hybridized carbons (Fsp3) is 0.722. The number of rotatable bonds is 7. The largest absolute Gasteiger partial charge is 0.388 e. The van der Waals surface area contributed by atoms with Crippen molar-refractivity contribution < 1.29 is 9.84 Å². The van der Waals surface area contributed by atoms with Crippen molar-refractivity contribution in [3.8, 4) is 0 Å². The molecule has 0 bridgehead atoms. The summed E-state index contributed by atoms with van der Waals surface area (Å²) < 4.78 is 7.92. The first-order valence-corrected chi connectivity index (χ1v) is 13.0. The molecular weight excluding hydrogens is 332 g/mol. The van der Waals surface area contributed by atoms with Crippen LogP contribution in [0.15, 0.2) is 17.3 Å². The lowest BCUT2D eigenvalue weighted by atomic mass is 9.92. The summed E-state index contributed by atoms with van der Waals surface area (Å²) in [6.45, 7) is 11.5. The van der Waals surface area contributed by atoms with Gasteiger partial charge in [-0.1, -0.05) is 19.6 Å². The van der Waals surface area contributed by atoms with Crippen LogP contribution in [0.5, 0.6) is 0 Å². The van der Waals surface area contributed by atoms with E-state index >= 15 is 0 Å². The zero-order valence-electron chi connectivity index (χ0n) is 15.8. The summed E-state index contributed by atoms with van der Waals surface area (Å²) in [4.78, 5) is 6.85. The van der Waals surface area contributed by atoms with Crippen LogP contribution in [0.1, 0.15) is 12.8 Å². The highest BCUT2D eigenvalue weighted by atomic mass is 28.3. The van der Waals surface area contributed by atoms with Crippen molar-refractivity contribution in [2.75, 3.05) is 32.9 Å². The van der Waals surface area contributed by atoms with Crippen molar-refractivity contribution in [2.45, 2.75) is 50.9 Å². The molecule has 1 aromatic rings. The number of hydrogen-bond acceptors (Lipinski definition) is 5. The van der Waals surface area contributed by atoms with E-state index in [4.69, 9.17) is 9.73 Å². The SMILES string of the molecule is C[Si](C)(C)CCOCn1ccc2c1=NCN(CC1(O)CCNCC1)C=2. The highest BCUT2D eigenvalue weighted by Crippen LogP contribution is 2.19. The summed E-state index contributed by atoms with van der Waals surface area (Å²) in [7, 11) is -1.04. The third-order valence-electron chi connectivity index (χ3n) is 4.95. The maximum atomic E-state index is 10.7. The fourth-order valence-corrected chi connectivity index (χ4v) is 4.09. The average molecular weight is 365 g/mol. The van der Waals surface area contributed by atoms with Crippen molar-refractivity contribution in [1.29, 1.82) is 0 Å². The molecule has 7 heteroatoms. The fourth-order valence-electron chi connectivity index (χ4n) is 3.33. The second-order valence-electron chi connectivity index (χ2n) is 8.56. The van der Waals surface area contributed by atoms with Gasteiger partial charge in [0.15, 0.2) is 0 Å². The lowest BCUT2D eigenvalue weighted by molar-refractivity contribution is -0.00791. The second-order valence-corrected chi connectivity index (χ2v) is 14.2. The minimum Gasteiger partial charge on any atom is -0.388 e. The van der Waals surface area contributed by atoms with Gasteiger partial charge in [0.2, 0.25) is 0 Å². The van der Waals surface area contributed by atoms with E-state index in [1.165, 1.54) is 6.04 Å². The molecule has 2 aliphatic heterocycles. The Morgan fingerprint density at radius 1 is 1.32 bits per heavy atom. The molecule has 0 radical (unpaired) electrons. The molecule has 2 N–H and O–H groups in total. The summed E-state index contributed by atoms with van der Waals surface area (Å²) in [6.07, 6.45) is 5.77. The molecule has 6 nitrogen and oxygen atoms in total. The van der Waals surface area contributed by atoms with E-state index in [0.29, 0.717) is 19.9 Å². The van der Waals surface area contributed by atoms with E-state index in [1.54, 1.807) is 0 Å². The minimum absolute atomic E-state index is 0.562. The Morgan fingerprint density at radius 3 is 2.80 bits per heavy atom. The predicted octanol–water partition coefficient (Wildman–Crippen LogP) is 0.546. The van der Waals surface area contributed by atoms with Gasteiger partial charge >= 0.3 is 0 Å². The van der Waals surface area contributed by atoms with E-state index < -0.39 is 13.7 Å². The Balaban J connectivity index is 1.59. The molecular formula is C18H32N4O2Si. The van der Waals surface area contributed by atoms with Crippen LogP contribution in [0.25, 0.3) is 6.20 Å². The maximum absolute atomic E-state index is 10.7. The minimum atomic E-state index is -1.04. The number of nitrogens with zero attached hydrogens (tertiary/aromatic N) is 3. The van der Waals surface area contributed by atoms with Crippen LogP contribution in [0.2, 0.25) is 25.7 Å². The van der Waals surface area contributed by atoms with Gasteiger partial charge in [-0.25, -0.2) is 4.99 Å². The molecule has 0 atom stereocenters. The van der Waals surface area contributed by atoms with Gasteiger partial charge in [0.05, 0.1) is 5.60 Å². The molecule has 0 spiro atoms. The first-order valence-electron chi connectivity index (χ1n) is 9.31. The number of ether oxygens (including phenoxy) is 1. The Morgan fingerprint density at radius 2 is 2.08 bits per heavy atom. The van der Waals surface area contributed by atoms with Crippen LogP contribution < -0.4 is 16.0 Å². The topological polar surface area (TPSA) is 62.0 Å². The molecule has 1 aromatic heterocycles. The number of aromatic nitrogens is 1. The standard InChI is InChI=1S/C18H32N4O2Si/c1-25(2,3)11-10-24-15-22-9-4-16-12-21(14-20-17(16)22)13-18(23)5-7-19-8-6-18/h4,9,12,19,23H,5-8,10-11,13-15H2,1-3H3. The Hall–Kier alpha value is -1.15. The van der Waals surface area contributed by atoms with Crippen molar-refractivity contribution in [2.24, 2.45) is 4.99 Å². The number of aliphatic hydroxyl groups is 1. The van der Waals surface area contributed by atoms with Gasteiger partial charge in [0, 0.05) is 38.8 Å². The summed E-state index contributed by atoms with van der Waals surface area (Å²) >= 11 is 0. The van der Waals surface area contributed by atoms with Gasteiger partial charge in [-0.2, -0.15) is 0 Å². The Labute approximate surface area is 151 Å². The van der Waals surface area contributed by atoms with E-state index in [2.05, 4.69) is 46.7 Å². The number of hydrogen-bond donors (Lipinski definition) is 2. The van der Waals surface area contributed by atoms with Crippen LogP contribution in [0, 0.1) is 0 Å². The van der Waals surface area contributed by atoms with Crippen molar-refractivity contribution in [1.82, 2.24) is 14.8 Å². The van der Waals surface area contributed by atoms with Crippen LogP contribution in [-0.4, -0.2) is 61.2 Å². The van der Waals surface area contributed by atoms with Gasteiger partial charge in [-0.3, -0.25) is 0 Å². The maximum Gasteiger partial charge on any atom is 0.140 e. The van der Waals surface area contributed by atoms with Crippen molar-refractivity contribution >= 4 is 14.3 Å². The average Bonchev–Trinajstić information content (AvgIpc) is 2.93. The third kappa shape index (κ3) is 5.16. The third-order valence-corrected chi connectivity index (χ3v) is 6.65. The highest BCUT2D eigenvalue weighted by Gasteiger charge is 2.31. The van der Waals surface area contributed by atoms with Gasteiger partial charge in [0.1, 0.15) is 18.9 Å². The highest BCUT2D eigenvalue weighted by molar-refractivity contribution is 6.76. The molecule has 0 amide bonds. The Bertz CT molecular complexity index is 689. The van der Waals surface area contributed by atoms with Crippen LogP contribution in [0.4, 0.5) is 0 Å². The molecule has 25 heavy (non-hydrogen) atoms. The van der Waals surface area contributed by atoms with Crippen LogP contribution >= 0.6 is 0 Å². The summed E-state index contributed by atoms with van der Waals surface area (Å²) in [5, 5.41) is 15.1. The van der Waals surface area contributed by atoms with E-state index in [0.717, 1.165) is 43.2 Å². The normalized spacial score (nSPS) is 19.9. The van der Waals surface area contributed by atoms with Crippen LogP contribution in [-0.2, 0) is 11.5 Å². The first-order chi connectivity index (χ1) is 11.8. The van der Waals surface area contributed by atoms with Gasteiger partial charge in [-0.05, 0) is 38.0 Å².